The molecule has 1 aromatic rings. The van der Waals surface area contributed by atoms with Crippen LogP contribution in [0.4, 0.5) is 0 Å². The predicted molar refractivity (Wildman–Crippen MR) is 44.0 cm³/mol. The smallest absolute Gasteiger partial charge is 0.0950 e. The van der Waals surface area contributed by atoms with Crippen LogP contribution in [-0.4, -0.2) is 21.3 Å². The van der Waals surface area contributed by atoms with Gasteiger partial charge in [0.05, 0.1) is 24.8 Å². The molecule has 3 heteroatoms. The van der Waals surface area contributed by atoms with Gasteiger partial charge in [0.2, 0.25) is 0 Å². The van der Waals surface area contributed by atoms with Crippen LogP contribution in [0.2, 0.25) is 0 Å². The van der Waals surface area contributed by atoms with Gasteiger partial charge in [-0.25, -0.2) is 4.98 Å². The number of rotatable bonds is 3. The van der Waals surface area contributed by atoms with Crippen molar-refractivity contribution in [1.29, 1.82) is 0 Å². The van der Waals surface area contributed by atoms with Gasteiger partial charge in [-0.3, -0.25) is 0 Å². The van der Waals surface area contributed by atoms with E-state index in [2.05, 4.69) is 11.9 Å². The molecule has 0 aromatic carbocycles. The minimum atomic E-state index is 0.0783. The van der Waals surface area contributed by atoms with Crippen molar-refractivity contribution < 1.29 is 5.11 Å². The van der Waals surface area contributed by atoms with E-state index in [1.165, 1.54) is 0 Å². The van der Waals surface area contributed by atoms with Crippen LogP contribution in [-0.2, 0) is 6.54 Å². The van der Waals surface area contributed by atoms with Gasteiger partial charge in [-0.05, 0) is 13.0 Å². The third kappa shape index (κ3) is 1.91. The van der Waals surface area contributed by atoms with Crippen molar-refractivity contribution in [2.75, 3.05) is 6.61 Å². The molecule has 1 heterocycles. The number of imidazole rings is 1. The Labute approximate surface area is 66.0 Å². The van der Waals surface area contributed by atoms with E-state index in [4.69, 9.17) is 5.11 Å². The lowest BCUT2D eigenvalue weighted by Gasteiger charge is -1.97. The highest BCUT2D eigenvalue weighted by atomic mass is 16.2. The minimum Gasteiger partial charge on any atom is -0.392 e. The van der Waals surface area contributed by atoms with Crippen molar-refractivity contribution in [3.8, 4) is 0 Å². The van der Waals surface area contributed by atoms with Crippen LogP contribution in [0.5, 0.6) is 0 Å². The van der Waals surface area contributed by atoms with E-state index in [0.717, 1.165) is 12.2 Å². The maximum atomic E-state index is 8.51. The van der Waals surface area contributed by atoms with Crippen molar-refractivity contribution in [3.63, 3.8) is 0 Å². The number of aromatic nitrogens is 2. The number of aryl methyl sites for hydroxylation is 1. The lowest BCUT2D eigenvalue weighted by atomic mass is 10.4. The minimum absolute atomic E-state index is 0.0783. The van der Waals surface area contributed by atoms with Gasteiger partial charge in [-0.2, -0.15) is 0 Å². The Balaban J connectivity index is 2.76. The Hall–Kier alpha value is -1.09. The first-order chi connectivity index (χ1) is 5.38. The second kappa shape index (κ2) is 3.93. The maximum absolute atomic E-state index is 8.51. The summed E-state index contributed by atoms with van der Waals surface area (Å²) in [5, 5.41) is 8.51. The highest BCUT2D eigenvalue weighted by Gasteiger charge is 1.92. The molecule has 1 N–H and O–H groups in total. The summed E-state index contributed by atoms with van der Waals surface area (Å²) in [5.41, 5.74) is 1.03. The lowest BCUT2D eigenvalue weighted by molar-refractivity contribution is 0.343. The average molecular weight is 152 g/mol. The van der Waals surface area contributed by atoms with Gasteiger partial charge in [0.25, 0.3) is 0 Å². The maximum Gasteiger partial charge on any atom is 0.0950 e. The van der Waals surface area contributed by atoms with Crippen LogP contribution in [0, 0.1) is 0 Å². The van der Waals surface area contributed by atoms with Gasteiger partial charge in [-0.15, -0.1) is 0 Å². The van der Waals surface area contributed by atoms with E-state index >= 15 is 0 Å². The quantitative estimate of drug-likeness (QED) is 0.699. The fourth-order valence-electron chi connectivity index (χ4n) is 0.907. The number of aliphatic hydroxyl groups is 1. The molecule has 0 saturated carbocycles. The molecule has 0 spiro atoms. The SMILES string of the molecule is CCn1cncc1/C=C/CO. The summed E-state index contributed by atoms with van der Waals surface area (Å²) in [6, 6.07) is 0. The van der Waals surface area contributed by atoms with Crippen molar-refractivity contribution >= 4 is 6.08 Å². The summed E-state index contributed by atoms with van der Waals surface area (Å²) in [4.78, 5) is 3.98. The van der Waals surface area contributed by atoms with Crippen LogP contribution in [0.15, 0.2) is 18.6 Å². The summed E-state index contributed by atoms with van der Waals surface area (Å²) >= 11 is 0. The Morgan fingerprint density at radius 2 is 2.55 bits per heavy atom. The molecular weight excluding hydrogens is 140 g/mol. The molecule has 60 valence electrons. The molecule has 11 heavy (non-hydrogen) atoms. The van der Waals surface area contributed by atoms with E-state index < -0.39 is 0 Å². The zero-order valence-electron chi connectivity index (χ0n) is 6.57. The fourth-order valence-corrected chi connectivity index (χ4v) is 0.907. The average Bonchev–Trinajstić information content (AvgIpc) is 2.47. The van der Waals surface area contributed by atoms with E-state index in [1.54, 1.807) is 18.6 Å². The Kier molecular flexibility index (Phi) is 2.86. The topological polar surface area (TPSA) is 38.0 Å². The molecule has 0 unspecified atom stereocenters. The molecule has 0 aliphatic rings. The second-order valence-corrected chi connectivity index (χ2v) is 2.19. The number of hydrogen-bond donors (Lipinski definition) is 1. The Bertz CT molecular complexity index is 240. The Morgan fingerprint density at radius 3 is 3.18 bits per heavy atom. The van der Waals surface area contributed by atoms with E-state index in [9.17, 15) is 0 Å². The summed E-state index contributed by atoms with van der Waals surface area (Å²) in [5.74, 6) is 0. The highest BCUT2D eigenvalue weighted by Crippen LogP contribution is 2.00. The van der Waals surface area contributed by atoms with Crippen molar-refractivity contribution in [3.05, 3.63) is 24.3 Å². The standard InChI is InChI=1S/C8H12N2O/c1-2-10-7-9-6-8(10)4-3-5-11/h3-4,6-7,11H,2,5H2,1H3/b4-3+. The summed E-state index contributed by atoms with van der Waals surface area (Å²) in [6.45, 7) is 3.04. The molecule has 0 bridgehead atoms. The second-order valence-electron chi connectivity index (χ2n) is 2.19. The van der Waals surface area contributed by atoms with Gasteiger partial charge in [0.1, 0.15) is 0 Å². The first-order valence-electron chi connectivity index (χ1n) is 3.66. The van der Waals surface area contributed by atoms with E-state index in [0.29, 0.717) is 0 Å². The molecule has 0 aliphatic heterocycles. The summed E-state index contributed by atoms with van der Waals surface area (Å²) < 4.78 is 2.01. The molecule has 0 radical (unpaired) electrons. The normalized spacial score (nSPS) is 11.1. The zero-order valence-corrected chi connectivity index (χ0v) is 6.57. The van der Waals surface area contributed by atoms with Crippen molar-refractivity contribution in [1.82, 2.24) is 9.55 Å². The molecule has 3 nitrogen and oxygen atoms in total. The molecule has 1 rings (SSSR count). The number of nitrogens with zero attached hydrogens (tertiary/aromatic N) is 2. The zero-order chi connectivity index (χ0) is 8.10. The van der Waals surface area contributed by atoms with Gasteiger partial charge in [0, 0.05) is 6.54 Å². The molecule has 0 saturated heterocycles. The molecule has 0 fully saturated rings. The highest BCUT2D eigenvalue weighted by molar-refractivity contribution is 5.43. The largest absolute Gasteiger partial charge is 0.392 e. The fraction of sp³-hybridized carbons (Fsp3) is 0.375. The molecule has 0 amide bonds. The van der Waals surface area contributed by atoms with Gasteiger partial charge >= 0.3 is 0 Å². The van der Waals surface area contributed by atoms with Gasteiger partial charge < -0.3 is 9.67 Å². The summed E-state index contributed by atoms with van der Waals surface area (Å²) in [6.07, 6.45) is 7.10. The number of hydrogen-bond acceptors (Lipinski definition) is 2. The van der Waals surface area contributed by atoms with Crippen LogP contribution >= 0.6 is 0 Å². The van der Waals surface area contributed by atoms with Crippen LogP contribution in [0.25, 0.3) is 6.08 Å². The summed E-state index contributed by atoms with van der Waals surface area (Å²) in [7, 11) is 0. The van der Waals surface area contributed by atoms with E-state index in [1.807, 2.05) is 10.6 Å². The van der Waals surface area contributed by atoms with E-state index in [-0.39, 0.29) is 6.61 Å². The van der Waals surface area contributed by atoms with Crippen LogP contribution < -0.4 is 0 Å². The first kappa shape index (κ1) is 8.01. The predicted octanol–water partition coefficient (Wildman–Crippen LogP) is 0.908. The molecule has 0 atom stereocenters. The van der Waals surface area contributed by atoms with Crippen molar-refractivity contribution in [2.45, 2.75) is 13.5 Å². The lowest BCUT2D eigenvalue weighted by Crippen LogP contribution is -1.93. The third-order valence-electron chi connectivity index (χ3n) is 1.48. The first-order valence-corrected chi connectivity index (χ1v) is 3.66. The number of aliphatic hydroxyl groups excluding tert-OH is 1. The molecule has 1 aromatic heterocycles. The van der Waals surface area contributed by atoms with Crippen molar-refractivity contribution in [2.24, 2.45) is 0 Å². The van der Waals surface area contributed by atoms with Gasteiger partial charge in [-0.1, -0.05) is 6.08 Å². The molecular formula is C8H12N2O. The Morgan fingerprint density at radius 1 is 1.73 bits per heavy atom. The third-order valence-corrected chi connectivity index (χ3v) is 1.48. The van der Waals surface area contributed by atoms with Gasteiger partial charge in [0.15, 0.2) is 0 Å². The molecule has 0 aliphatic carbocycles. The van der Waals surface area contributed by atoms with Crippen LogP contribution in [0.1, 0.15) is 12.6 Å². The monoisotopic (exact) mass is 152 g/mol. The van der Waals surface area contributed by atoms with Crippen LogP contribution in [0.3, 0.4) is 0 Å².